The molecule has 0 amide bonds. The van der Waals surface area contributed by atoms with Gasteiger partial charge in [0, 0.05) is 55.2 Å². The first-order chi connectivity index (χ1) is 23.6. The summed E-state index contributed by atoms with van der Waals surface area (Å²) >= 11 is 0. The molecule has 0 saturated heterocycles. The topological polar surface area (TPSA) is 23.0 Å². The van der Waals surface area contributed by atoms with Crippen molar-refractivity contribution in [3.05, 3.63) is 157 Å². The number of furan rings is 1. The van der Waals surface area contributed by atoms with Gasteiger partial charge in [0.2, 0.25) is 0 Å². The van der Waals surface area contributed by atoms with E-state index in [1.807, 2.05) is 12.1 Å². The summed E-state index contributed by atoms with van der Waals surface area (Å²) in [6, 6.07) is 53.3. The molecule has 1 aliphatic carbocycles. The first kappa shape index (κ1) is 26.1. The van der Waals surface area contributed by atoms with Gasteiger partial charge in [0.25, 0.3) is 0 Å². The van der Waals surface area contributed by atoms with Crippen molar-refractivity contribution in [3.63, 3.8) is 0 Å². The highest BCUT2D eigenvalue weighted by atomic mass is 16.3. The molecule has 48 heavy (non-hydrogen) atoms. The summed E-state index contributed by atoms with van der Waals surface area (Å²) in [5.74, 6) is 0. The summed E-state index contributed by atoms with van der Waals surface area (Å²) < 4.78 is 11.2. The van der Waals surface area contributed by atoms with E-state index in [4.69, 9.17) is 4.42 Å². The zero-order valence-corrected chi connectivity index (χ0v) is 26.7. The molecule has 0 radical (unpaired) electrons. The lowest BCUT2D eigenvalue weighted by molar-refractivity contribution is 0.660. The number of para-hydroxylation sites is 3. The maximum Gasteiger partial charge on any atom is 0.137 e. The molecule has 0 fully saturated rings. The average Bonchev–Trinajstić information content (AvgIpc) is 3.82. The van der Waals surface area contributed by atoms with Crippen molar-refractivity contribution < 1.29 is 4.42 Å². The molecule has 0 N–H and O–H groups in total. The minimum absolute atomic E-state index is 0.0737. The zero-order valence-electron chi connectivity index (χ0n) is 26.7. The van der Waals surface area contributed by atoms with Gasteiger partial charge >= 0.3 is 0 Å². The molecule has 3 nitrogen and oxygen atoms in total. The molecule has 0 saturated carbocycles. The Kier molecular flexibility index (Phi) is 4.91. The Morgan fingerprint density at radius 3 is 1.71 bits per heavy atom. The van der Waals surface area contributed by atoms with Crippen LogP contribution in [0.3, 0.4) is 0 Å². The van der Waals surface area contributed by atoms with Crippen LogP contribution in [0.2, 0.25) is 0 Å². The quantitative estimate of drug-likeness (QED) is 0.190. The lowest BCUT2D eigenvalue weighted by atomic mass is 9.82. The molecule has 7 aromatic carbocycles. The van der Waals surface area contributed by atoms with Gasteiger partial charge in [-0.25, -0.2) is 0 Å². The zero-order chi connectivity index (χ0) is 31.7. The molecule has 3 heteroatoms. The van der Waals surface area contributed by atoms with Gasteiger partial charge in [-0.2, -0.15) is 0 Å². The number of aromatic nitrogens is 2. The van der Waals surface area contributed by atoms with E-state index in [-0.39, 0.29) is 5.41 Å². The second-order valence-corrected chi connectivity index (χ2v) is 13.8. The number of rotatable bonds is 2. The van der Waals surface area contributed by atoms with Gasteiger partial charge in [-0.3, -0.25) is 0 Å². The van der Waals surface area contributed by atoms with E-state index in [0.717, 1.165) is 27.6 Å². The number of benzene rings is 7. The largest absolute Gasteiger partial charge is 0.456 e. The van der Waals surface area contributed by atoms with Gasteiger partial charge in [0.15, 0.2) is 0 Å². The maximum absolute atomic E-state index is 6.36. The fourth-order valence-electron chi connectivity index (χ4n) is 8.67. The average molecular weight is 615 g/mol. The summed E-state index contributed by atoms with van der Waals surface area (Å²) in [6.45, 7) is 4.71. The number of hydrogen-bond donors (Lipinski definition) is 0. The van der Waals surface area contributed by atoms with Crippen molar-refractivity contribution in [1.82, 2.24) is 9.13 Å². The highest BCUT2D eigenvalue weighted by Crippen LogP contribution is 2.49. The van der Waals surface area contributed by atoms with Crippen molar-refractivity contribution in [2.45, 2.75) is 19.3 Å². The van der Waals surface area contributed by atoms with Crippen LogP contribution in [-0.4, -0.2) is 9.13 Å². The molecule has 0 aliphatic heterocycles. The van der Waals surface area contributed by atoms with E-state index in [0.29, 0.717) is 0 Å². The minimum Gasteiger partial charge on any atom is -0.456 e. The summed E-state index contributed by atoms with van der Waals surface area (Å²) in [5.41, 5.74) is 14.2. The molecule has 0 atom stereocenters. The van der Waals surface area contributed by atoms with E-state index in [1.54, 1.807) is 0 Å². The SMILES string of the molecule is CC1(C)c2ccccc2-c2ccc(-n3c4ccccc4c4cc5c6ccccc6n(-c6ccc7c(c6)oc6ccccc67)c5cc43)cc21. The highest BCUT2D eigenvalue weighted by molar-refractivity contribution is 6.19. The molecular weight excluding hydrogens is 585 g/mol. The lowest BCUT2D eigenvalue weighted by Gasteiger charge is -2.22. The predicted molar refractivity (Wildman–Crippen MR) is 200 cm³/mol. The molecule has 3 heterocycles. The van der Waals surface area contributed by atoms with Crippen LogP contribution in [0.5, 0.6) is 0 Å². The van der Waals surface area contributed by atoms with E-state index in [2.05, 4.69) is 156 Å². The molecule has 0 unspecified atom stereocenters. The fraction of sp³-hybridized carbons (Fsp3) is 0.0667. The Labute approximate surface area is 276 Å². The Morgan fingerprint density at radius 1 is 0.396 bits per heavy atom. The lowest BCUT2D eigenvalue weighted by Crippen LogP contribution is -2.15. The molecule has 0 spiro atoms. The molecule has 10 aromatic rings. The second-order valence-electron chi connectivity index (χ2n) is 13.8. The highest BCUT2D eigenvalue weighted by Gasteiger charge is 2.35. The fourth-order valence-corrected chi connectivity index (χ4v) is 8.67. The number of fused-ring (bicyclic) bond motifs is 12. The van der Waals surface area contributed by atoms with E-state index < -0.39 is 0 Å². The first-order valence-corrected chi connectivity index (χ1v) is 16.7. The predicted octanol–water partition coefficient (Wildman–Crippen LogP) is 12.1. The second kappa shape index (κ2) is 9.05. The summed E-state index contributed by atoms with van der Waals surface area (Å²) in [4.78, 5) is 0. The molecule has 3 aromatic heterocycles. The van der Waals surface area contributed by atoms with Gasteiger partial charge in [-0.05, 0) is 76.9 Å². The Balaban J connectivity index is 1.21. The van der Waals surface area contributed by atoms with Crippen molar-refractivity contribution in [1.29, 1.82) is 0 Å². The molecule has 0 bridgehead atoms. The van der Waals surface area contributed by atoms with Crippen LogP contribution in [0.4, 0.5) is 0 Å². The van der Waals surface area contributed by atoms with Crippen molar-refractivity contribution in [2.75, 3.05) is 0 Å². The van der Waals surface area contributed by atoms with Gasteiger partial charge in [-0.1, -0.05) is 98.8 Å². The van der Waals surface area contributed by atoms with Crippen LogP contribution >= 0.6 is 0 Å². The third-order valence-electron chi connectivity index (χ3n) is 10.9. The van der Waals surface area contributed by atoms with E-state index in [1.165, 1.54) is 71.6 Å². The summed E-state index contributed by atoms with van der Waals surface area (Å²) in [7, 11) is 0. The maximum atomic E-state index is 6.36. The third-order valence-corrected chi connectivity index (χ3v) is 10.9. The smallest absolute Gasteiger partial charge is 0.137 e. The van der Waals surface area contributed by atoms with E-state index >= 15 is 0 Å². The molecule has 1 aliphatic rings. The Morgan fingerprint density at radius 2 is 0.958 bits per heavy atom. The normalized spacial score (nSPS) is 13.8. The van der Waals surface area contributed by atoms with Crippen LogP contribution < -0.4 is 0 Å². The van der Waals surface area contributed by atoms with Crippen LogP contribution in [-0.2, 0) is 5.41 Å². The van der Waals surface area contributed by atoms with Gasteiger partial charge in [0.1, 0.15) is 11.2 Å². The Hall–Kier alpha value is -6.06. The van der Waals surface area contributed by atoms with Gasteiger partial charge < -0.3 is 13.6 Å². The van der Waals surface area contributed by atoms with Crippen molar-refractivity contribution in [2.24, 2.45) is 0 Å². The van der Waals surface area contributed by atoms with Crippen LogP contribution in [0.25, 0.3) is 88.1 Å². The van der Waals surface area contributed by atoms with Gasteiger partial charge in [0.05, 0.1) is 22.1 Å². The first-order valence-electron chi connectivity index (χ1n) is 16.7. The number of hydrogen-bond acceptors (Lipinski definition) is 1. The molecular formula is C45H30N2O. The van der Waals surface area contributed by atoms with E-state index in [9.17, 15) is 0 Å². The minimum atomic E-state index is -0.0737. The van der Waals surface area contributed by atoms with Crippen LogP contribution in [0, 0.1) is 0 Å². The van der Waals surface area contributed by atoms with Crippen LogP contribution in [0.1, 0.15) is 25.0 Å². The monoisotopic (exact) mass is 614 g/mol. The Bertz CT molecular complexity index is 2980. The van der Waals surface area contributed by atoms with Gasteiger partial charge in [-0.15, -0.1) is 0 Å². The summed E-state index contributed by atoms with van der Waals surface area (Å²) in [5, 5.41) is 7.30. The molecule has 226 valence electrons. The standard InChI is InChI=1S/C45H30N2O/c1-45(2)37-15-7-3-11-29(37)30-21-19-27(23-38(30)45)46-39-16-8-4-12-31(39)35-25-36-32-13-5-9-17-40(32)47(42(36)26-41(35)46)28-20-22-34-33-14-6-10-18-43(33)48-44(34)24-28/h3-26H,1-2H3. The molecule has 11 rings (SSSR count). The van der Waals surface area contributed by atoms with Crippen molar-refractivity contribution >= 4 is 65.6 Å². The number of nitrogens with zero attached hydrogens (tertiary/aromatic N) is 2. The van der Waals surface area contributed by atoms with Crippen molar-refractivity contribution in [3.8, 4) is 22.5 Å². The third kappa shape index (κ3) is 3.28. The summed E-state index contributed by atoms with van der Waals surface area (Å²) in [6.07, 6.45) is 0. The van der Waals surface area contributed by atoms with Crippen LogP contribution in [0.15, 0.2) is 150 Å².